The number of nitrogens with one attached hydrogen (secondary N) is 1. The van der Waals surface area contributed by atoms with Gasteiger partial charge < -0.3 is 25.3 Å². The lowest BCUT2D eigenvalue weighted by atomic mass is 10.2. The fourth-order valence-electron chi connectivity index (χ4n) is 2.06. The number of nitrogens with two attached hydrogens (primary N) is 1. The number of hydrogen-bond donors (Lipinski definition) is 3. The first-order valence-corrected chi connectivity index (χ1v) is 8.78. The molecule has 0 bridgehead atoms. The van der Waals surface area contributed by atoms with Crippen molar-refractivity contribution >= 4 is 29.3 Å². The summed E-state index contributed by atoms with van der Waals surface area (Å²) in [6.45, 7) is 6.57. The quantitative estimate of drug-likeness (QED) is 0.666. The number of amides is 2. The molecule has 0 aliphatic heterocycles. The Kier molecular flexibility index (Phi) is 5.84. The zero-order valence-electron chi connectivity index (χ0n) is 15.2. The Labute approximate surface area is 158 Å². The van der Waals surface area contributed by atoms with Crippen molar-refractivity contribution in [3.63, 3.8) is 0 Å². The summed E-state index contributed by atoms with van der Waals surface area (Å²) in [6, 6.07) is -1.22. The van der Waals surface area contributed by atoms with E-state index in [4.69, 9.17) is 14.9 Å². The number of aromatic nitrogens is 2. The van der Waals surface area contributed by atoms with Crippen molar-refractivity contribution in [2.45, 2.75) is 45.8 Å². The second-order valence-corrected chi connectivity index (χ2v) is 7.60. The lowest BCUT2D eigenvalue weighted by Gasteiger charge is -2.21. The molecule has 1 unspecified atom stereocenters. The third kappa shape index (κ3) is 5.51. The van der Waals surface area contributed by atoms with Gasteiger partial charge in [-0.15, -0.1) is 11.3 Å². The molecule has 2 heterocycles. The number of nitrogens with zero attached hydrogens (tertiary/aromatic N) is 2. The number of carboxylic acid groups (broad SMARTS) is 1. The highest BCUT2D eigenvalue weighted by atomic mass is 32.1. The number of carboxylic acids is 1. The Hall–Kier alpha value is -2.95. The smallest absolute Gasteiger partial charge is 0.408 e. The Bertz CT molecular complexity index is 867. The highest BCUT2D eigenvalue weighted by Crippen LogP contribution is 2.24. The van der Waals surface area contributed by atoms with Crippen molar-refractivity contribution in [1.29, 1.82) is 0 Å². The number of carbonyl (C=O) groups excluding carboxylic acids is 2. The molecule has 2 rings (SSSR count). The molecule has 0 saturated carbocycles. The normalized spacial score (nSPS) is 12.4. The minimum Gasteiger partial charge on any atom is -0.480 e. The number of carbonyl (C=O) groups is 3. The van der Waals surface area contributed by atoms with Crippen LogP contribution in [-0.4, -0.2) is 44.7 Å². The second-order valence-electron chi connectivity index (χ2n) is 6.66. The van der Waals surface area contributed by atoms with E-state index in [1.165, 1.54) is 11.3 Å². The summed E-state index contributed by atoms with van der Waals surface area (Å²) in [5.41, 5.74) is 4.80. The Balaban J connectivity index is 2.12. The van der Waals surface area contributed by atoms with Gasteiger partial charge in [0.1, 0.15) is 23.1 Å². The van der Waals surface area contributed by atoms with Crippen LogP contribution < -0.4 is 11.1 Å². The molecule has 0 aliphatic rings. The summed E-state index contributed by atoms with van der Waals surface area (Å²) in [4.78, 5) is 42.7. The van der Waals surface area contributed by atoms with Crippen LogP contribution in [0.15, 0.2) is 9.80 Å². The van der Waals surface area contributed by atoms with Crippen molar-refractivity contribution in [1.82, 2.24) is 15.3 Å². The molecule has 2 aromatic heterocycles. The van der Waals surface area contributed by atoms with Gasteiger partial charge in [0.15, 0.2) is 5.69 Å². The van der Waals surface area contributed by atoms with Gasteiger partial charge in [-0.25, -0.2) is 19.6 Å². The number of rotatable bonds is 6. The highest BCUT2D eigenvalue weighted by Gasteiger charge is 2.26. The first-order chi connectivity index (χ1) is 12.5. The van der Waals surface area contributed by atoms with E-state index in [0.717, 1.165) is 0 Å². The summed E-state index contributed by atoms with van der Waals surface area (Å²) >= 11 is 1.17. The largest absolute Gasteiger partial charge is 0.480 e. The van der Waals surface area contributed by atoms with Gasteiger partial charge in [0, 0.05) is 11.8 Å². The molecule has 0 saturated heterocycles. The zero-order valence-corrected chi connectivity index (χ0v) is 16.0. The van der Waals surface area contributed by atoms with Crippen molar-refractivity contribution in [3.05, 3.63) is 21.8 Å². The van der Waals surface area contributed by atoms with Gasteiger partial charge >= 0.3 is 12.1 Å². The molecule has 0 fully saturated rings. The lowest BCUT2D eigenvalue weighted by molar-refractivity contribution is -0.139. The van der Waals surface area contributed by atoms with Gasteiger partial charge in [-0.2, -0.15) is 0 Å². The average molecular weight is 396 g/mol. The van der Waals surface area contributed by atoms with Crippen LogP contribution in [0.3, 0.4) is 0 Å². The first kappa shape index (κ1) is 20.4. The molecule has 1 atom stereocenters. The van der Waals surface area contributed by atoms with Crippen LogP contribution in [0.4, 0.5) is 4.79 Å². The second kappa shape index (κ2) is 7.74. The minimum absolute atomic E-state index is 0.00885. The van der Waals surface area contributed by atoms with Crippen molar-refractivity contribution in [2.24, 2.45) is 5.73 Å². The van der Waals surface area contributed by atoms with Crippen LogP contribution in [0.5, 0.6) is 0 Å². The van der Waals surface area contributed by atoms with E-state index in [9.17, 15) is 19.5 Å². The van der Waals surface area contributed by atoms with Gasteiger partial charge in [-0.05, 0) is 27.7 Å². The number of alkyl carbamates (subject to hydrolysis) is 1. The molecule has 0 aromatic carbocycles. The molecule has 11 heteroatoms. The molecule has 0 radical (unpaired) electrons. The first-order valence-electron chi connectivity index (χ1n) is 7.90. The summed E-state index contributed by atoms with van der Waals surface area (Å²) in [6.07, 6.45) is -0.886. The van der Waals surface area contributed by atoms with Crippen LogP contribution in [0.1, 0.15) is 42.0 Å². The standard InChI is InChI=1S/C16H20N4O6S/c1-7-11(12(17)21)20-13(25-7)9-6-27-10(18-9)5-8(14(22)23)19-15(24)26-16(2,3)4/h6,8H,5H2,1-4H3,(H2,17,21)(H,19,24)(H,22,23). The number of primary amides is 1. The molecule has 2 amide bonds. The molecular weight excluding hydrogens is 376 g/mol. The maximum atomic E-state index is 11.8. The predicted molar refractivity (Wildman–Crippen MR) is 95.4 cm³/mol. The SMILES string of the molecule is Cc1oc(-c2csc(CC(NC(=O)OC(C)(C)C)C(=O)O)n2)nc1C(N)=O. The van der Waals surface area contributed by atoms with Gasteiger partial charge in [-0.1, -0.05) is 0 Å². The molecule has 2 aromatic rings. The van der Waals surface area contributed by atoms with Crippen LogP contribution >= 0.6 is 11.3 Å². The van der Waals surface area contributed by atoms with Gasteiger partial charge in [0.2, 0.25) is 5.89 Å². The van der Waals surface area contributed by atoms with Crippen LogP contribution in [-0.2, 0) is 16.0 Å². The number of oxazole rings is 1. The Morgan fingerprint density at radius 3 is 2.56 bits per heavy atom. The van der Waals surface area contributed by atoms with Gasteiger partial charge in [-0.3, -0.25) is 4.79 Å². The fraction of sp³-hybridized carbons (Fsp3) is 0.438. The Morgan fingerprint density at radius 1 is 1.37 bits per heavy atom. The monoisotopic (exact) mass is 396 g/mol. The molecule has 0 spiro atoms. The zero-order chi connectivity index (χ0) is 20.4. The Morgan fingerprint density at radius 2 is 2.04 bits per heavy atom. The predicted octanol–water partition coefficient (Wildman–Crippen LogP) is 1.73. The van der Waals surface area contributed by atoms with E-state index in [2.05, 4.69) is 15.3 Å². The molecule has 0 aliphatic carbocycles. The summed E-state index contributed by atoms with van der Waals surface area (Å²) < 4.78 is 10.4. The number of ether oxygens (including phenoxy) is 1. The molecule has 146 valence electrons. The van der Waals surface area contributed by atoms with Gasteiger partial charge in [0.05, 0.1) is 5.01 Å². The van der Waals surface area contributed by atoms with Gasteiger partial charge in [0.25, 0.3) is 5.91 Å². The van der Waals surface area contributed by atoms with E-state index in [0.29, 0.717) is 10.7 Å². The van der Waals surface area contributed by atoms with Crippen LogP contribution in [0.25, 0.3) is 11.6 Å². The number of aryl methyl sites for hydroxylation is 1. The number of aliphatic carboxylic acids is 1. The van der Waals surface area contributed by atoms with Crippen LogP contribution in [0.2, 0.25) is 0 Å². The number of hydrogen-bond acceptors (Lipinski definition) is 8. The maximum absolute atomic E-state index is 11.8. The van der Waals surface area contributed by atoms with Crippen molar-refractivity contribution < 1.29 is 28.6 Å². The van der Waals surface area contributed by atoms with Crippen LogP contribution in [0, 0.1) is 6.92 Å². The summed E-state index contributed by atoms with van der Waals surface area (Å²) in [5.74, 6) is -1.57. The van der Waals surface area contributed by atoms with E-state index in [1.54, 1.807) is 33.1 Å². The highest BCUT2D eigenvalue weighted by molar-refractivity contribution is 7.09. The van der Waals surface area contributed by atoms with E-state index in [-0.39, 0.29) is 23.8 Å². The number of thiazole rings is 1. The third-order valence-electron chi connectivity index (χ3n) is 3.17. The van der Waals surface area contributed by atoms with E-state index >= 15 is 0 Å². The van der Waals surface area contributed by atoms with Crippen molar-refractivity contribution in [2.75, 3.05) is 0 Å². The maximum Gasteiger partial charge on any atom is 0.408 e. The summed E-state index contributed by atoms with van der Waals surface area (Å²) in [5, 5.41) is 13.7. The van der Waals surface area contributed by atoms with E-state index in [1.807, 2.05) is 0 Å². The molecular formula is C16H20N4O6S. The summed E-state index contributed by atoms with van der Waals surface area (Å²) in [7, 11) is 0. The molecule has 4 N–H and O–H groups in total. The molecule has 10 nitrogen and oxygen atoms in total. The fourth-order valence-corrected chi connectivity index (χ4v) is 2.88. The molecule has 27 heavy (non-hydrogen) atoms. The lowest BCUT2D eigenvalue weighted by Crippen LogP contribution is -2.44. The average Bonchev–Trinajstić information content (AvgIpc) is 3.11. The minimum atomic E-state index is -1.22. The topological polar surface area (TPSA) is 158 Å². The van der Waals surface area contributed by atoms with Crippen molar-refractivity contribution in [3.8, 4) is 11.6 Å². The van der Waals surface area contributed by atoms with E-state index < -0.39 is 29.6 Å². The third-order valence-corrected chi connectivity index (χ3v) is 4.04.